The van der Waals surface area contributed by atoms with E-state index in [2.05, 4.69) is 10.3 Å². The van der Waals surface area contributed by atoms with Gasteiger partial charge in [0.25, 0.3) is 11.8 Å². The fourth-order valence-electron chi connectivity index (χ4n) is 5.76. The average molecular weight is 614 g/mol. The summed E-state index contributed by atoms with van der Waals surface area (Å²) in [6, 6.07) is 19.9. The van der Waals surface area contributed by atoms with E-state index >= 15 is 0 Å². The smallest absolute Gasteiger partial charge is 0.269 e. The van der Waals surface area contributed by atoms with Crippen LogP contribution in [0.25, 0.3) is 0 Å². The summed E-state index contributed by atoms with van der Waals surface area (Å²) < 4.78 is 7.30. The Hall–Kier alpha value is -4.51. The van der Waals surface area contributed by atoms with Gasteiger partial charge in [-0.25, -0.2) is 0 Å². The van der Waals surface area contributed by atoms with Gasteiger partial charge in [-0.1, -0.05) is 60.2 Å². The third-order valence-corrected chi connectivity index (χ3v) is 8.25. The number of rotatable bonds is 10. The maximum atomic E-state index is 14.0. The molecule has 0 saturated carbocycles. The number of aromatic nitrogens is 3. The molecule has 2 aliphatic rings. The average Bonchev–Trinajstić information content (AvgIpc) is 3.56. The number of halogens is 1. The number of fused-ring (bicyclic) bond motifs is 2. The second-order valence-electron chi connectivity index (χ2n) is 10.9. The Kier molecular flexibility index (Phi) is 8.22. The summed E-state index contributed by atoms with van der Waals surface area (Å²) in [5, 5.41) is 29.6. The molecule has 0 aliphatic carbocycles. The molecule has 0 radical (unpaired) electrons. The van der Waals surface area contributed by atoms with Gasteiger partial charge in [-0.15, -0.1) is 5.10 Å². The molecular weight excluding hydrogens is 582 g/mol. The summed E-state index contributed by atoms with van der Waals surface area (Å²) in [6.45, 7) is 2.50. The van der Waals surface area contributed by atoms with E-state index in [1.807, 2.05) is 60.7 Å². The lowest BCUT2D eigenvalue weighted by Gasteiger charge is -2.30. The van der Waals surface area contributed by atoms with Crippen molar-refractivity contribution in [3.8, 4) is 5.75 Å². The predicted octanol–water partition coefficient (Wildman–Crippen LogP) is 4.54. The van der Waals surface area contributed by atoms with Gasteiger partial charge in [-0.2, -0.15) is 0 Å². The van der Waals surface area contributed by atoms with Gasteiger partial charge < -0.3 is 19.8 Å². The standard InChI is InChI=1S/C33H32ClN5O5/c1-22(7-4-5-15-37-20-25(14-16-40)35-36-37)33(43)27-18-24(34)12-13-28(27)38(32(33)42)19-23-8-6-9-26(17-23)39-29-10-2-3-11-30(29)44-21-31(39)41/h2-4,6-13,17-18,20,22,40,43H,5,14-16,19,21H2,1H3/b7-4+/t22-,33+/m1/s1. The number of aliphatic hydroxyl groups excluding tert-OH is 1. The van der Waals surface area contributed by atoms with Gasteiger partial charge in [0.2, 0.25) is 0 Å². The molecule has 0 saturated heterocycles. The summed E-state index contributed by atoms with van der Waals surface area (Å²) in [7, 11) is 0. The highest BCUT2D eigenvalue weighted by Crippen LogP contribution is 2.47. The van der Waals surface area contributed by atoms with Crippen LogP contribution >= 0.6 is 11.6 Å². The first-order chi connectivity index (χ1) is 21.3. The quantitative estimate of drug-likeness (QED) is 0.252. The number of hydrogen-bond acceptors (Lipinski definition) is 7. The van der Waals surface area contributed by atoms with Gasteiger partial charge in [0, 0.05) is 48.0 Å². The number of ether oxygens (including phenoxy) is 1. The molecule has 2 amide bonds. The molecule has 2 N–H and O–H groups in total. The van der Waals surface area contributed by atoms with Crippen molar-refractivity contribution in [1.29, 1.82) is 0 Å². The van der Waals surface area contributed by atoms with Gasteiger partial charge in [-0.05, 0) is 54.4 Å². The molecule has 10 nitrogen and oxygen atoms in total. The van der Waals surface area contributed by atoms with Crippen LogP contribution in [0.4, 0.5) is 17.1 Å². The van der Waals surface area contributed by atoms with Crippen molar-refractivity contribution >= 4 is 40.5 Å². The molecule has 2 atom stereocenters. The number of carbonyl (C=O) groups excluding carboxylic acids is 2. The number of amides is 2. The van der Waals surface area contributed by atoms with Crippen LogP contribution in [0.2, 0.25) is 5.02 Å². The predicted molar refractivity (Wildman–Crippen MR) is 166 cm³/mol. The van der Waals surface area contributed by atoms with E-state index in [9.17, 15) is 14.7 Å². The molecular formula is C33H32ClN5O5. The van der Waals surface area contributed by atoms with Crippen LogP contribution in [-0.2, 0) is 34.7 Å². The molecule has 11 heteroatoms. The maximum absolute atomic E-state index is 14.0. The highest BCUT2D eigenvalue weighted by atomic mass is 35.5. The molecule has 3 heterocycles. The first-order valence-corrected chi connectivity index (χ1v) is 14.8. The van der Waals surface area contributed by atoms with Gasteiger partial charge in [-0.3, -0.25) is 19.2 Å². The fourth-order valence-corrected chi connectivity index (χ4v) is 5.93. The van der Waals surface area contributed by atoms with E-state index in [1.54, 1.807) is 45.8 Å². The molecule has 2 aliphatic heterocycles. The third-order valence-electron chi connectivity index (χ3n) is 8.01. The lowest BCUT2D eigenvalue weighted by atomic mass is 9.83. The van der Waals surface area contributed by atoms with E-state index < -0.39 is 17.4 Å². The minimum Gasteiger partial charge on any atom is -0.482 e. The summed E-state index contributed by atoms with van der Waals surface area (Å²) in [5.41, 5.74) is 2.03. The molecule has 6 rings (SSSR count). The SMILES string of the molecule is C[C@H](/C=C/CCn1cc(CCO)nn1)[C@@]1(O)C(=O)N(Cc2cccc(N3C(=O)COc4ccccc43)c2)c2ccc(Cl)cc21. The number of hydrogen-bond donors (Lipinski definition) is 2. The number of aliphatic hydroxyl groups is 2. The Morgan fingerprint density at radius 2 is 1.93 bits per heavy atom. The first kappa shape index (κ1) is 29.6. The molecule has 0 bridgehead atoms. The number of benzene rings is 3. The Labute approximate surface area is 259 Å². The number of para-hydroxylation sites is 2. The number of carbonyl (C=O) groups is 2. The molecule has 0 spiro atoms. The van der Waals surface area contributed by atoms with E-state index in [0.29, 0.717) is 52.8 Å². The number of anilines is 3. The van der Waals surface area contributed by atoms with Crippen molar-refractivity contribution in [2.75, 3.05) is 23.0 Å². The highest BCUT2D eigenvalue weighted by molar-refractivity contribution is 6.31. The van der Waals surface area contributed by atoms with Crippen molar-refractivity contribution < 1.29 is 24.5 Å². The molecule has 4 aromatic rings. The normalized spacial score (nSPS) is 18.5. The molecule has 3 aromatic carbocycles. The summed E-state index contributed by atoms with van der Waals surface area (Å²) >= 11 is 6.35. The van der Waals surface area contributed by atoms with Crippen LogP contribution < -0.4 is 14.5 Å². The molecule has 0 unspecified atom stereocenters. The van der Waals surface area contributed by atoms with Crippen LogP contribution in [0.3, 0.4) is 0 Å². The van der Waals surface area contributed by atoms with Crippen molar-refractivity contribution in [2.45, 2.75) is 38.5 Å². The van der Waals surface area contributed by atoms with E-state index in [-0.39, 0.29) is 25.7 Å². The second kappa shape index (κ2) is 12.2. The summed E-state index contributed by atoms with van der Waals surface area (Å²) in [6.07, 6.45) is 6.60. The monoisotopic (exact) mass is 613 g/mol. The Bertz CT molecular complexity index is 1740. The second-order valence-corrected chi connectivity index (χ2v) is 11.4. The Balaban J connectivity index is 1.23. The Morgan fingerprint density at radius 1 is 1.09 bits per heavy atom. The van der Waals surface area contributed by atoms with Gasteiger partial charge in [0.05, 0.1) is 23.6 Å². The molecule has 1 aromatic heterocycles. The van der Waals surface area contributed by atoms with Crippen molar-refractivity contribution in [2.24, 2.45) is 5.92 Å². The Morgan fingerprint density at radius 3 is 2.77 bits per heavy atom. The summed E-state index contributed by atoms with van der Waals surface area (Å²) in [4.78, 5) is 30.1. The highest BCUT2D eigenvalue weighted by Gasteiger charge is 2.52. The van der Waals surface area contributed by atoms with Crippen molar-refractivity contribution in [3.05, 3.63) is 107 Å². The van der Waals surface area contributed by atoms with Gasteiger partial charge in [0.1, 0.15) is 5.75 Å². The lowest BCUT2D eigenvalue weighted by Crippen LogP contribution is -2.44. The maximum Gasteiger partial charge on any atom is 0.269 e. The minimum absolute atomic E-state index is 0.0126. The van der Waals surface area contributed by atoms with E-state index in [0.717, 1.165) is 11.3 Å². The van der Waals surface area contributed by atoms with E-state index in [4.69, 9.17) is 21.4 Å². The zero-order chi connectivity index (χ0) is 30.8. The molecule has 44 heavy (non-hydrogen) atoms. The summed E-state index contributed by atoms with van der Waals surface area (Å²) in [5.74, 6) is -0.581. The number of allylic oxidation sites excluding steroid dienone is 1. The first-order valence-electron chi connectivity index (χ1n) is 14.4. The minimum atomic E-state index is -1.82. The number of nitrogens with zero attached hydrogens (tertiary/aromatic N) is 5. The number of aryl methyl sites for hydroxylation is 1. The van der Waals surface area contributed by atoms with Crippen LogP contribution in [0.5, 0.6) is 5.75 Å². The third kappa shape index (κ3) is 5.47. The van der Waals surface area contributed by atoms with Crippen molar-refractivity contribution in [1.82, 2.24) is 15.0 Å². The van der Waals surface area contributed by atoms with Crippen LogP contribution in [0.15, 0.2) is 85.1 Å². The van der Waals surface area contributed by atoms with Crippen LogP contribution in [-0.4, -0.2) is 50.2 Å². The van der Waals surface area contributed by atoms with Crippen molar-refractivity contribution in [3.63, 3.8) is 0 Å². The van der Waals surface area contributed by atoms with Gasteiger partial charge in [0.15, 0.2) is 12.2 Å². The molecule has 226 valence electrons. The fraction of sp³-hybridized carbons (Fsp3) is 0.273. The van der Waals surface area contributed by atoms with Crippen LogP contribution in [0.1, 0.15) is 30.2 Å². The van der Waals surface area contributed by atoms with Crippen LogP contribution in [0, 0.1) is 5.92 Å². The molecule has 0 fully saturated rings. The topological polar surface area (TPSA) is 121 Å². The zero-order valence-corrected chi connectivity index (χ0v) is 24.9. The zero-order valence-electron chi connectivity index (χ0n) is 24.1. The van der Waals surface area contributed by atoms with E-state index in [1.165, 1.54) is 0 Å². The van der Waals surface area contributed by atoms with Gasteiger partial charge >= 0.3 is 0 Å². The lowest BCUT2D eigenvalue weighted by molar-refractivity contribution is -0.139. The largest absolute Gasteiger partial charge is 0.482 e.